The van der Waals surface area contributed by atoms with Crippen LogP contribution in [0.2, 0.25) is 0 Å². The van der Waals surface area contributed by atoms with Crippen LogP contribution in [-0.2, 0) is 0 Å². The van der Waals surface area contributed by atoms with Gasteiger partial charge in [0.25, 0.3) is 0 Å². The summed E-state index contributed by atoms with van der Waals surface area (Å²) in [6, 6.07) is 7.83. The van der Waals surface area contributed by atoms with Gasteiger partial charge in [0.1, 0.15) is 0 Å². The van der Waals surface area contributed by atoms with Crippen molar-refractivity contribution in [2.75, 3.05) is 53.0 Å². The second kappa shape index (κ2) is 8.90. The van der Waals surface area contributed by atoms with Crippen LogP contribution in [0, 0.1) is 0 Å². The molecular formula is C17H28N2O2. The summed E-state index contributed by atoms with van der Waals surface area (Å²) in [5, 5.41) is 0. The van der Waals surface area contributed by atoms with Crippen molar-refractivity contribution in [2.45, 2.75) is 19.8 Å². The van der Waals surface area contributed by atoms with Crippen LogP contribution in [0.4, 0.5) is 0 Å². The second-order valence-electron chi connectivity index (χ2n) is 5.54. The molecule has 0 bridgehead atoms. The van der Waals surface area contributed by atoms with E-state index in [0.29, 0.717) is 0 Å². The van der Waals surface area contributed by atoms with Crippen LogP contribution in [0.25, 0.3) is 0 Å². The molecule has 1 aliphatic rings. The van der Waals surface area contributed by atoms with Gasteiger partial charge in [-0.1, -0.05) is 19.1 Å². The van der Waals surface area contributed by atoms with Crippen molar-refractivity contribution in [3.8, 4) is 11.5 Å². The third-order valence-corrected chi connectivity index (χ3v) is 3.95. The van der Waals surface area contributed by atoms with E-state index in [-0.39, 0.29) is 0 Å². The van der Waals surface area contributed by atoms with Crippen LogP contribution in [0.3, 0.4) is 0 Å². The molecule has 0 saturated carbocycles. The van der Waals surface area contributed by atoms with E-state index in [9.17, 15) is 0 Å². The van der Waals surface area contributed by atoms with Gasteiger partial charge in [0, 0.05) is 32.7 Å². The normalized spacial score (nSPS) is 16.9. The Morgan fingerprint density at radius 1 is 0.952 bits per heavy atom. The van der Waals surface area contributed by atoms with Crippen LogP contribution < -0.4 is 9.47 Å². The summed E-state index contributed by atoms with van der Waals surface area (Å²) in [4.78, 5) is 5.10. The Labute approximate surface area is 128 Å². The molecule has 0 aromatic heterocycles. The van der Waals surface area contributed by atoms with Gasteiger partial charge in [-0.05, 0) is 31.5 Å². The van der Waals surface area contributed by atoms with Gasteiger partial charge in [-0.2, -0.15) is 0 Å². The van der Waals surface area contributed by atoms with Gasteiger partial charge in [0.05, 0.1) is 13.7 Å². The van der Waals surface area contributed by atoms with E-state index >= 15 is 0 Å². The van der Waals surface area contributed by atoms with Crippen molar-refractivity contribution in [1.29, 1.82) is 0 Å². The zero-order chi connectivity index (χ0) is 14.9. The van der Waals surface area contributed by atoms with Gasteiger partial charge in [-0.3, -0.25) is 0 Å². The average Bonchev–Trinajstić information content (AvgIpc) is 2.54. The molecule has 0 spiro atoms. The quantitative estimate of drug-likeness (QED) is 0.687. The highest BCUT2D eigenvalue weighted by molar-refractivity contribution is 5.39. The Morgan fingerprint density at radius 3 is 2.19 bits per heavy atom. The number of rotatable bonds is 8. The van der Waals surface area contributed by atoms with Crippen LogP contribution in [0.15, 0.2) is 24.3 Å². The van der Waals surface area contributed by atoms with Crippen molar-refractivity contribution in [2.24, 2.45) is 0 Å². The molecule has 4 heteroatoms. The molecule has 1 aromatic carbocycles. The van der Waals surface area contributed by atoms with Crippen molar-refractivity contribution in [1.82, 2.24) is 9.80 Å². The fourth-order valence-electron chi connectivity index (χ4n) is 2.76. The zero-order valence-corrected chi connectivity index (χ0v) is 13.4. The molecule has 1 fully saturated rings. The molecule has 1 saturated heterocycles. The maximum absolute atomic E-state index is 5.82. The average molecular weight is 292 g/mol. The molecule has 1 heterocycles. The molecule has 1 aliphatic heterocycles. The Kier molecular flexibility index (Phi) is 6.83. The topological polar surface area (TPSA) is 24.9 Å². The fraction of sp³-hybridized carbons (Fsp3) is 0.647. The van der Waals surface area contributed by atoms with Crippen molar-refractivity contribution in [3.63, 3.8) is 0 Å². The van der Waals surface area contributed by atoms with E-state index in [1.54, 1.807) is 7.11 Å². The number of para-hydroxylation sites is 2. The molecule has 2 rings (SSSR count). The Bertz CT molecular complexity index is 404. The highest BCUT2D eigenvalue weighted by Crippen LogP contribution is 2.25. The summed E-state index contributed by atoms with van der Waals surface area (Å²) in [5.74, 6) is 1.65. The van der Waals surface area contributed by atoms with Gasteiger partial charge in [0.2, 0.25) is 0 Å². The second-order valence-corrected chi connectivity index (χ2v) is 5.54. The lowest BCUT2D eigenvalue weighted by molar-refractivity contribution is 0.126. The maximum atomic E-state index is 5.82. The number of hydrogen-bond donors (Lipinski definition) is 0. The lowest BCUT2D eigenvalue weighted by Gasteiger charge is -2.34. The maximum Gasteiger partial charge on any atom is 0.161 e. The van der Waals surface area contributed by atoms with Gasteiger partial charge < -0.3 is 19.3 Å². The van der Waals surface area contributed by atoms with Crippen LogP contribution in [0.1, 0.15) is 19.8 Å². The van der Waals surface area contributed by atoms with E-state index in [0.717, 1.165) is 31.1 Å². The lowest BCUT2D eigenvalue weighted by Crippen LogP contribution is -2.46. The molecule has 0 atom stereocenters. The van der Waals surface area contributed by atoms with Crippen LogP contribution in [-0.4, -0.2) is 62.8 Å². The first-order chi connectivity index (χ1) is 10.3. The number of ether oxygens (including phenoxy) is 2. The van der Waals surface area contributed by atoms with E-state index in [4.69, 9.17) is 9.47 Å². The van der Waals surface area contributed by atoms with Crippen molar-refractivity contribution >= 4 is 0 Å². The molecule has 21 heavy (non-hydrogen) atoms. The van der Waals surface area contributed by atoms with E-state index in [1.807, 2.05) is 24.3 Å². The molecule has 0 N–H and O–H groups in total. The highest BCUT2D eigenvalue weighted by atomic mass is 16.5. The number of piperazine rings is 1. The SMILES string of the molecule is CCCN1CCN(CCCOc2ccccc2OC)CC1. The first-order valence-electron chi connectivity index (χ1n) is 8.04. The smallest absolute Gasteiger partial charge is 0.161 e. The Morgan fingerprint density at radius 2 is 1.57 bits per heavy atom. The summed E-state index contributed by atoms with van der Waals surface area (Å²) < 4.78 is 11.1. The minimum Gasteiger partial charge on any atom is -0.493 e. The largest absolute Gasteiger partial charge is 0.493 e. The standard InChI is InChI=1S/C17H28N2O2/c1-3-9-18-11-13-19(14-12-18)10-6-15-21-17-8-5-4-7-16(17)20-2/h4-5,7-8H,3,6,9-15H2,1-2H3. The summed E-state index contributed by atoms with van der Waals surface area (Å²) in [6.45, 7) is 10.2. The minimum atomic E-state index is 0.746. The summed E-state index contributed by atoms with van der Waals surface area (Å²) in [7, 11) is 1.68. The molecule has 0 radical (unpaired) electrons. The Hall–Kier alpha value is -1.26. The number of hydrogen-bond acceptors (Lipinski definition) is 4. The van der Waals surface area contributed by atoms with Crippen molar-refractivity contribution in [3.05, 3.63) is 24.3 Å². The van der Waals surface area contributed by atoms with Crippen LogP contribution >= 0.6 is 0 Å². The molecular weight excluding hydrogens is 264 g/mol. The highest BCUT2D eigenvalue weighted by Gasteiger charge is 2.15. The predicted octanol–water partition coefficient (Wildman–Crippen LogP) is 2.49. The minimum absolute atomic E-state index is 0.746. The van der Waals surface area contributed by atoms with Gasteiger partial charge in [-0.25, -0.2) is 0 Å². The molecule has 0 unspecified atom stereocenters. The van der Waals surface area contributed by atoms with Crippen molar-refractivity contribution < 1.29 is 9.47 Å². The van der Waals surface area contributed by atoms with Gasteiger partial charge in [-0.15, -0.1) is 0 Å². The summed E-state index contributed by atoms with van der Waals surface area (Å²) in [6.07, 6.45) is 2.32. The molecule has 1 aromatic rings. The Balaban J connectivity index is 1.62. The van der Waals surface area contributed by atoms with Gasteiger partial charge >= 0.3 is 0 Å². The van der Waals surface area contributed by atoms with E-state index in [2.05, 4.69) is 16.7 Å². The number of benzene rings is 1. The van der Waals surface area contributed by atoms with Gasteiger partial charge in [0.15, 0.2) is 11.5 Å². The van der Waals surface area contributed by atoms with E-state index < -0.39 is 0 Å². The monoisotopic (exact) mass is 292 g/mol. The summed E-state index contributed by atoms with van der Waals surface area (Å²) in [5.41, 5.74) is 0. The fourth-order valence-corrected chi connectivity index (χ4v) is 2.76. The molecule has 4 nitrogen and oxygen atoms in total. The first kappa shape index (κ1) is 16.1. The lowest BCUT2D eigenvalue weighted by atomic mass is 10.2. The molecule has 118 valence electrons. The third kappa shape index (κ3) is 5.21. The number of methoxy groups -OCH3 is 1. The summed E-state index contributed by atoms with van der Waals surface area (Å²) >= 11 is 0. The number of nitrogens with zero attached hydrogens (tertiary/aromatic N) is 2. The first-order valence-corrected chi connectivity index (χ1v) is 8.04. The molecule has 0 amide bonds. The third-order valence-electron chi connectivity index (χ3n) is 3.95. The predicted molar refractivity (Wildman–Crippen MR) is 86.3 cm³/mol. The zero-order valence-electron chi connectivity index (χ0n) is 13.4. The van der Waals surface area contributed by atoms with Crippen LogP contribution in [0.5, 0.6) is 11.5 Å². The molecule has 0 aliphatic carbocycles. The van der Waals surface area contributed by atoms with E-state index in [1.165, 1.54) is 39.1 Å².